The minimum atomic E-state index is 0.438. The van der Waals surface area contributed by atoms with E-state index in [1.165, 1.54) is 10.1 Å². The van der Waals surface area contributed by atoms with Gasteiger partial charge in [-0.1, -0.05) is 0 Å². The van der Waals surface area contributed by atoms with E-state index >= 15 is 0 Å². The molecule has 0 saturated carbocycles. The van der Waals surface area contributed by atoms with Gasteiger partial charge >= 0.3 is 85.4 Å². The van der Waals surface area contributed by atoms with Crippen molar-refractivity contribution in [2.75, 3.05) is 0 Å². The first kappa shape index (κ1) is 8.24. The van der Waals surface area contributed by atoms with Crippen LogP contribution in [0.1, 0.15) is 0 Å². The van der Waals surface area contributed by atoms with Gasteiger partial charge in [0.1, 0.15) is 0 Å². The molecule has 12 heavy (non-hydrogen) atoms. The molecule has 1 aromatic carbocycles. The van der Waals surface area contributed by atoms with Gasteiger partial charge in [-0.2, -0.15) is 0 Å². The zero-order valence-electron chi connectivity index (χ0n) is 6.20. The third kappa shape index (κ3) is 1.68. The molecule has 0 N–H and O–H groups in total. The second kappa shape index (κ2) is 3.56. The van der Waals surface area contributed by atoms with E-state index in [1.54, 1.807) is 0 Å². The summed E-state index contributed by atoms with van der Waals surface area (Å²) in [5.74, 6) is 0. The third-order valence-corrected chi connectivity index (χ3v) is 3.78. The van der Waals surface area contributed by atoms with E-state index in [1.807, 2.05) is 18.3 Å². The second-order valence-corrected chi connectivity index (χ2v) is 5.14. The summed E-state index contributed by atoms with van der Waals surface area (Å²) in [6.45, 7) is 0. The predicted molar refractivity (Wildman–Crippen MR) is 54.3 cm³/mol. The summed E-state index contributed by atoms with van der Waals surface area (Å²) >= 11 is 3.84. The van der Waals surface area contributed by atoms with Crippen LogP contribution in [0.5, 0.6) is 0 Å². The van der Waals surface area contributed by atoms with Crippen molar-refractivity contribution in [2.24, 2.45) is 0 Å². The Bertz CT molecular complexity index is 353. The zero-order chi connectivity index (χ0) is 8.39. The molecule has 3 heteroatoms. The van der Waals surface area contributed by atoms with Gasteiger partial charge in [0.2, 0.25) is 0 Å². The SMILES string of the molecule is Brc1ccc(-c2ncc[se]2)cc1. The molecule has 2 rings (SSSR count). The molecule has 1 aromatic heterocycles. The first-order valence-corrected chi connectivity index (χ1v) is 6.15. The minimum absolute atomic E-state index is 0.438. The second-order valence-electron chi connectivity index (χ2n) is 2.34. The van der Waals surface area contributed by atoms with Crippen LogP contribution < -0.4 is 0 Å². The van der Waals surface area contributed by atoms with Crippen LogP contribution in [0.2, 0.25) is 0 Å². The fraction of sp³-hybridized carbons (Fsp3) is 0. The van der Waals surface area contributed by atoms with Crippen molar-refractivity contribution in [1.82, 2.24) is 4.98 Å². The number of hydrogen-bond acceptors (Lipinski definition) is 1. The number of hydrogen-bond donors (Lipinski definition) is 0. The van der Waals surface area contributed by atoms with Crippen molar-refractivity contribution in [3.8, 4) is 10.1 Å². The van der Waals surface area contributed by atoms with Crippen molar-refractivity contribution in [3.05, 3.63) is 39.9 Å². The summed E-state index contributed by atoms with van der Waals surface area (Å²) in [7, 11) is 0. The summed E-state index contributed by atoms with van der Waals surface area (Å²) < 4.78 is 2.33. The van der Waals surface area contributed by atoms with Gasteiger partial charge in [0, 0.05) is 0 Å². The van der Waals surface area contributed by atoms with Gasteiger partial charge in [0.15, 0.2) is 0 Å². The molecule has 0 saturated heterocycles. The number of benzene rings is 1. The quantitative estimate of drug-likeness (QED) is 0.735. The first-order chi connectivity index (χ1) is 5.86. The van der Waals surface area contributed by atoms with Crippen molar-refractivity contribution in [3.63, 3.8) is 0 Å². The van der Waals surface area contributed by atoms with Gasteiger partial charge in [-0.3, -0.25) is 0 Å². The molecule has 1 nitrogen and oxygen atoms in total. The summed E-state index contributed by atoms with van der Waals surface area (Å²) in [5.41, 5.74) is 1.24. The summed E-state index contributed by atoms with van der Waals surface area (Å²) in [5, 5.41) is 0. The Labute approximate surface area is 85.3 Å². The van der Waals surface area contributed by atoms with E-state index in [0.29, 0.717) is 14.5 Å². The Morgan fingerprint density at radius 1 is 1.17 bits per heavy atom. The third-order valence-electron chi connectivity index (χ3n) is 1.52. The average molecular weight is 287 g/mol. The van der Waals surface area contributed by atoms with Gasteiger partial charge in [0.05, 0.1) is 0 Å². The van der Waals surface area contributed by atoms with E-state index in [9.17, 15) is 0 Å². The Morgan fingerprint density at radius 3 is 2.50 bits per heavy atom. The fourth-order valence-corrected chi connectivity index (χ4v) is 2.58. The van der Waals surface area contributed by atoms with Gasteiger partial charge in [-0.05, 0) is 0 Å². The Balaban J connectivity index is 2.43. The van der Waals surface area contributed by atoms with Gasteiger partial charge < -0.3 is 0 Å². The number of aromatic nitrogens is 1. The van der Waals surface area contributed by atoms with Crippen LogP contribution in [0.4, 0.5) is 0 Å². The van der Waals surface area contributed by atoms with Crippen LogP contribution in [-0.4, -0.2) is 19.5 Å². The van der Waals surface area contributed by atoms with Crippen molar-refractivity contribution in [1.29, 1.82) is 0 Å². The molecular formula is C9H6BrNSe. The van der Waals surface area contributed by atoms with Gasteiger partial charge in [-0.25, -0.2) is 0 Å². The van der Waals surface area contributed by atoms with Crippen molar-refractivity contribution >= 4 is 30.4 Å². The van der Waals surface area contributed by atoms with E-state index in [2.05, 4.69) is 38.0 Å². The standard InChI is InChI=1S/C9H6BrNSe/c10-8-3-1-7(2-4-8)9-11-5-6-12-9/h1-6H. The predicted octanol–water partition coefficient (Wildman–Crippen LogP) is 2.57. The van der Waals surface area contributed by atoms with Gasteiger partial charge in [0.25, 0.3) is 0 Å². The maximum absolute atomic E-state index is 4.28. The summed E-state index contributed by atoms with van der Waals surface area (Å²) in [6.07, 6.45) is 1.89. The first-order valence-electron chi connectivity index (χ1n) is 3.52. The van der Waals surface area contributed by atoms with Crippen LogP contribution in [0.3, 0.4) is 0 Å². The molecule has 0 aliphatic carbocycles. The van der Waals surface area contributed by atoms with E-state index in [-0.39, 0.29) is 0 Å². The molecule has 0 aliphatic heterocycles. The molecule has 0 spiro atoms. The molecule has 0 bridgehead atoms. The Hall–Kier alpha value is -0.371. The number of halogens is 1. The van der Waals surface area contributed by atoms with Crippen LogP contribution in [0, 0.1) is 0 Å². The maximum atomic E-state index is 4.28. The molecule has 1 heterocycles. The molecular weight excluding hydrogens is 281 g/mol. The van der Waals surface area contributed by atoms with Crippen molar-refractivity contribution < 1.29 is 0 Å². The van der Waals surface area contributed by atoms with E-state index in [4.69, 9.17) is 0 Å². The van der Waals surface area contributed by atoms with Crippen LogP contribution in [-0.2, 0) is 0 Å². The summed E-state index contributed by atoms with van der Waals surface area (Å²) in [4.78, 5) is 6.41. The van der Waals surface area contributed by atoms with E-state index < -0.39 is 0 Å². The number of nitrogens with zero attached hydrogens (tertiary/aromatic N) is 1. The van der Waals surface area contributed by atoms with E-state index in [0.717, 1.165) is 4.47 Å². The molecule has 2 aromatic rings. The van der Waals surface area contributed by atoms with Crippen LogP contribution in [0.15, 0.2) is 39.9 Å². The van der Waals surface area contributed by atoms with Gasteiger partial charge in [-0.15, -0.1) is 0 Å². The molecule has 0 atom stereocenters. The van der Waals surface area contributed by atoms with Crippen LogP contribution in [0.25, 0.3) is 10.1 Å². The monoisotopic (exact) mass is 287 g/mol. The van der Waals surface area contributed by atoms with Crippen LogP contribution >= 0.6 is 15.9 Å². The van der Waals surface area contributed by atoms with Crippen molar-refractivity contribution in [2.45, 2.75) is 0 Å². The molecule has 0 amide bonds. The molecule has 0 radical (unpaired) electrons. The number of rotatable bonds is 1. The summed E-state index contributed by atoms with van der Waals surface area (Å²) in [6, 6.07) is 8.29. The Kier molecular flexibility index (Phi) is 2.45. The molecule has 0 unspecified atom stereocenters. The average Bonchev–Trinajstić information content (AvgIpc) is 2.58. The molecule has 0 fully saturated rings. The molecule has 60 valence electrons. The topological polar surface area (TPSA) is 12.9 Å². The zero-order valence-corrected chi connectivity index (χ0v) is 9.50. The Morgan fingerprint density at radius 2 is 1.92 bits per heavy atom. The normalized spacial score (nSPS) is 10.1. The fourth-order valence-electron chi connectivity index (χ4n) is 0.958. The molecule has 0 aliphatic rings.